The number of nitrogens with zero attached hydrogens (tertiary/aromatic N) is 1. The summed E-state index contributed by atoms with van der Waals surface area (Å²) in [6.45, 7) is 3.42. The molecule has 0 aromatic carbocycles. The molecule has 0 aromatic rings. The van der Waals surface area contributed by atoms with Crippen LogP contribution in [0.25, 0.3) is 0 Å². The lowest BCUT2D eigenvalue weighted by molar-refractivity contribution is -0.133. The average Bonchev–Trinajstić information content (AvgIpc) is 2.29. The van der Waals surface area contributed by atoms with Crippen LogP contribution in [-0.4, -0.2) is 16.7 Å². The van der Waals surface area contributed by atoms with E-state index in [9.17, 15) is 9.59 Å². The Labute approximate surface area is 64.3 Å². The third-order valence-electron chi connectivity index (χ3n) is 1.21. The van der Waals surface area contributed by atoms with Gasteiger partial charge < -0.3 is 0 Å². The highest BCUT2D eigenvalue weighted by Gasteiger charge is 2.19. The molecule has 11 heavy (non-hydrogen) atoms. The largest absolute Gasteiger partial charge is 0.269 e. The van der Waals surface area contributed by atoms with E-state index in [1.54, 1.807) is 0 Å². The van der Waals surface area contributed by atoms with Crippen LogP contribution in [0.2, 0.25) is 0 Å². The SMILES string of the molecule is C=CC=CN1C(=O)C=CC1=O. The molecule has 0 radical (unpaired) electrons. The van der Waals surface area contributed by atoms with Gasteiger partial charge in [-0.15, -0.1) is 0 Å². The summed E-state index contributed by atoms with van der Waals surface area (Å²) >= 11 is 0. The van der Waals surface area contributed by atoms with Crippen molar-refractivity contribution >= 4 is 11.8 Å². The number of amides is 2. The molecule has 1 rings (SSSR count). The van der Waals surface area contributed by atoms with E-state index >= 15 is 0 Å². The summed E-state index contributed by atoms with van der Waals surface area (Å²) in [7, 11) is 0. The van der Waals surface area contributed by atoms with Gasteiger partial charge in [0.05, 0.1) is 0 Å². The van der Waals surface area contributed by atoms with Crippen molar-refractivity contribution < 1.29 is 9.59 Å². The zero-order valence-electron chi connectivity index (χ0n) is 5.86. The molecule has 1 aliphatic rings. The van der Waals surface area contributed by atoms with Crippen LogP contribution in [0, 0.1) is 0 Å². The van der Waals surface area contributed by atoms with Gasteiger partial charge in [-0.3, -0.25) is 14.5 Å². The fourth-order valence-corrected chi connectivity index (χ4v) is 0.706. The predicted octanol–water partition coefficient (Wildman–Crippen LogP) is 0.611. The molecule has 0 atom stereocenters. The van der Waals surface area contributed by atoms with Gasteiger partial charge in [-0.25, -0.2) is 0 Å². The Morgan fingerprint density at radius 3 is 2.27 bits per heavy atom. The lowest BCUT2D eigenvalue weighted by Gasteiger charge is -2.04. The predicted molar refractivity (Wildman–Crippen MR) is 40.3 cm³/mol. The molecule has 3 nitrogen and oxygen atoms in total. The van der Waals surface area contributed by atoms with E-state index in [-0.39, 0.29) is 11.8 Å². The molecule has 0 aliphatic carbocycles. The standard InChI is InChI=1S/C8H7NO2/c1-2-3-6-9-7(10)4-5-8(9)11/h2-6H,1H2. The first-order valence-corrected chi connectivity index (χ1v) is 3.10. The minimum absolute atomic E-state index is 0.312. The van der Waals surface area contributed by atoms with E-state index in [1.807, 2.05) is 0 Å². The molecule has 0 fully saturated rings. The van der Waals surface area contributed by atoms with E-state index in [0.29, 0.717) is 0 Å². The maximum absolute atomic E-state index is 10.8. The highest BCUT2D eigenvalue weighted by Crippen LogP contribution is 2.03. The van der Waals surface area contributed by atoms with Crippen molar-refractivity contribution in [2.75, 3.05) is 0 Å². The highest BCUT2D eigenvalue weighted by atomic mass is 16.2. The lowest BCUT2D eigenvalue weighted by atomic mass is 10.5. The van der Waals surface area contributed by atoms with Crippen molar-refractivity contribution in [2.24, 2.45) is 0 Å². The second-order valence-electron chi connectivity index (χ2n) is 1.96. The summed E-state index contributed by atoms with van der Waals surface area (Å²) in [6, 6.07) is 0. The minimum atomic E-state index is -0.312. The number of rotatable bonds is 2. The van der Waals surface area contributed by atoms with E-state index in [1.165, 1.54) is 30.5 Å². The van der Waals surface area contributed by atoms with Crippen molar-refractivity contribution in [3.8, 4) is 0 Å². The van der Waals surface area contributed by atoms with Gasteiger partial charge in [0.25, 0.3) is 11.8 Å². The summed E-state index contributed by atoms with van der Waals surface area (Å²) in [4.78, 5) is 22.7. The molecule has 0 unspecified atom stereocenters. The van der Waals surface area contributed by atoms with Gasteiger partial charge >= 0.3 is 0 Å². The van der Waals surface area contributed by atoms with Crippen molar-refractivity contribution in [3.05, 3.63) is 37.1 Å². The summed E-state index contributed by atoms with van der Waals surface area (Å²) in [6.07, 6.45) is 6.88. The van der Waals surface area contributed by atoms with Crippen LogP contribution in [0.3, 0.4) is 0 Å². The highest BCUT2D eigenvalue weighted by molar-refractivity contribution is 6.13. The monoisotopic (exact) mass is 149 g/mol. The number of carbonyl (C=O) groups excluding carboxylic acids is 2. The Bertz CT molecular complexity index is 245. The normalized spacial score (nSPS) is 16.9. The summed E-state index contributed by atoms with van der Waals surface area (Å²) < 4.78 is 0. The van der Waals surface area contributed by atoms with E-state index in [4.69, 9.17) is 0 Å². The first-order valence-electron chi connectivity index (χ1n) is 3.10. The van der Waals surface area contributed by atoms with Crippen LogP contribution in [-0.2, 0) is 9.59 Å². The maximum atomic E-state index is 10.8. The van der Waals surface area contributed by atoms with E-state index < -0.39 is 0 Å². The molecule has 56 valence electrons. The molecule has 0 spiro atoms. The Morgan fingerprint density at radius 1 is 1.27 bits per heavy atom. The topological polar surface area (TPSA) is 37.4 Å². The maximum Gasteiger partial charge on any atom is 0.257 e. The zero-order chi connectivity index (χ0) is 8.27. The smallest absolute Gasteiger partial charge is 0.257 e. The van der Waals surface area contributed by atoms with Crippen molar-refractivity contribution in [1.82, 2.24) is 4.90 Å². The van der Waals surface area contributed by atoms with E-state index in [2.05, 4.69) is 6.58 Å². The van der Waals surface area contributed by atoms with Gasteiger partial charge in [0.2, 0.25) is 0 Å². The summed E-state index contributed by atoms with van der Waals surface area (Å²) in [5.74, 6) is -0.624. The number of imide groups is 1. The minimum Gasteiger partial charge on any atom is -0.269 e. The molecular formula is C8H7NO2. The fraction of sp³-hybridized carbons (Fsp3) is 0. The van der Waals surface area contributed by atoms with Crippen LogP contribution >= 0.6 is 0 Å². The lowest BCUT2D eigenvalue weighted by Crippen LogP contribution is -2.23. The first kappa shape index (κ1) is 7.47. The van der Waals surface area contributed by atoms with Crippen LogP contribution in [0.4, 0.5) is 0 Å². The van der Waals surface area contributed by atoms with Crippen molar-refractivity contribution in [3.63, 3.8) is 0 Å². The van der Waals surface area contributed by atoms with E-state index in [0.717, 1.165) is 4.90 Å². The molecule has 1 aliphatic heterocycles. The Hall–Kier alpha value is -1.64. The van der Waals surface area contributed by atoms with Gasteiger partial charge in [0.15, 0.2) is 0 Å². The average molecular weight is 149 g/mol. The van der Waals surface area contributed by atoms with Crippen LogP contribution < -0.4 is 0 Å². The summed E-state index contributed by atoms with van der Waals surface area (Å²) in [5.41, 5.74) is 0. The van der Waals surface area contributed by atoms with Gasteiger partial charge in [0.1, 0.15) is 0 Å². The number of hydrogen-bond donors (Lipinski definition) is 0. The van der Waals surface area contributed by atoms with Gasteiger partial charge in [-0.1, -0.05) is 12.7 Å². The third-order valence-corrected chi connectivity index (χ3v) is 1.21. The third kappa shape index (κ3) is 1.43. The molecule has 2 amide bonds. The van der Waals surface area contributed by atoms with Crippen molar-refractivity contribution in [2.45, 2.75) is 0 Å². The molecule has 0 saturated heterocycles. The second kappa shape index (κ2) is 2.96. The molecule has 3 heteroatoms. The molecule has 0 aromatic heterocycles. The molecule has 0 saturated carbocycles. The molecule has 0 N–H and O–H groups in total. The van der Waals surface area contributed by atoms with Gasteiger partial charge in [-0.05, 0) is 6.08 Å². The second-order valence-corrected chi connectivity index (χ2v) is 1.96. The van der Waals surface area contributed by atoms with Crippen LogP contribution in [0.1, 0.15) is 0 Å². The fourth-order valence-electron chi connectivity index (χ4n) is 0.706. The van der Waals surface area contributed by atoms with Gasteiger partial charge in [-0.2, -0.15) is 0 Å². The molecule has 1 heterocycles. The number of carbonyl (C=O) groups is 2. The quantitative estimate of drug-likeness (QED) is 0.426. The van der Waals surface area contributed by atoms with Crippen molar-refractivity contribution in [1.29, 1.82) is 0 Å². The Balaban J connectivity index is 2.74. The van der Waals surface area contributed by atoms with Crippen LogP contribution in [0.15, 0.2) is 37.1 Å². The Morgan fingerprint density at radius 2 is 1.82 bits per heavy atom. The first-order chi connectivity index (χ1) is 5.25. The molecular weight excluding hydrogens is 142 g/mol. The number of allylic oxidation sites excluding steroid dienone is 2. The molecule has 0 bridgehead atoms. The van der Waals surface area contributed by atoms with Gasteiger partial charge in [0, 0.05) is 18.4 Å². The van der Waals surface area contributed by atoms with Crippen LogP contribution in [0.5, 0.6) is 0 Å². The number of hydrogen-bond acceptors (Lipinski definition) is 2. The zero-order valence-corrected chi connectivity index (χ0v) is 5.86. The summed E-state index contributed by atoms with van der Waals surface area (Å²) in [5, 5.41) is 0. The Kier molecular flexibility index (Phi) is 2.01.